The molecule has 0 radical (unpaired) electrons. The van der Waals surface area contributed by atoms with Crippen molar-refractivity contribution in [1.82, 2.24) is 15.1 Å². The number of hydrogen-bond donors (Lipinski definition) is 3. The fourth-order valence-electron chi connectivity index (χ4n) is 5.04. The van der Waals surface area contributed by atoms with Gasteiger partial charge in [-0.1, -0.05) is 42.5 Å². The summed E-state index contributed by atoms with van der Waals surface area (Å²) in [6.45, 7) is 0. The summed E-state index contributed by atoms with van der Waals surface area (Å²) in [5.74, 6) is -0.00222. The van der Waals surface area contributed by atoms with E-state index in [4.69, 9.17) is 0 Å². The molecule has 0 aliphatic carbocycles. The van der Waals surface area contributed by atoms with Crippen LogP contribution in [0.1, 0.15) is 54.6 Å². The van der Waals surface area contributed by atoms with Crippen LogP contribution >= 0.6 is 0 Å². The Balaban J connectivity index is 1.15. The molecular formula is C26H30N4O2. The van der Waals surface area contributed by atoms with Crippen molar-refractivity contribution in [3.8, 4) is 0 Å². The molecule has 0 bridgehead atoms. The summed E-state index contributed by atoms with van der Waals surface area (Å²) in [5.41, 5.74) is 4.13. The summed E-state index contributed by atoms with van der Waals surface area (Å²) in [4.78, 5) is 12.8. The number of nitrogens with zero attached hydrogens (tertiary/aromatic N) is 2. The fourth-order valence-corrected chi connectivity index (χ4v) is 5.04. The summed E-state index contributed by atoms with van der Waals surface area (Å²) in [6.07, 6.45) is 7.03. The first-order chi connectivity index (χ1) is 15.7. The molecule has 2 aliphatic heterocycles. The van der Waals surface area contributed by atoms with Gasteiger partial charge in [0.2, 0.25) is 5.91 Å². The van der Waals surface area contributed by atoms with Gasteiger partial charge in [0, 0.05) is 29.7 Å². The molecule has 1 fully saturated rings. The average Bonchev–Trinajstić information content (AvgIpc) is 3.50. The Morgan fingerprint density at radius 2 is 1.91 bits per heavy atom. The molecule has 0 spiro atoms. The minimum absolute atomic E-state index is 0.00222. The number of aromatic nitrogens is 2. The lowest BCUT2D eigenvalue weighted by Gasteiger charge is -2.23. The van der Waals surface area contributed by atoms with Gasteiger partial charge in [-0.15, -0.1) is 0 Å². The zero-order valence-electron chi connectivity index (χ0n) is 18.2. The van der Waals surface area contributed by atoms with Crippen molar-refractivity contribution in [1.29, 1.82) is 0 Å². The van der Waals surface area contributed by atoms with Crippen molar-refractivity contribution >= 4 is 11.6 Å². The van der Waals surface area contributed by atoms with Gasteiger partial charge in [0.15, 0.2) is 0 Å². The van der Waals surface area contributed by atoms with Crippen molar-refractivity contribution in [2.24, 2.45) is 0 Å². The molecule has 2 aliphatic rings. The first-order valence-corrected chi connectivity index (χ1v) is 11.6. The Labute approximate surface area is 188 Å². The van der Waals surface area contributed by atoms with E-state index in [-0.39, 0.29) is 18.0 Å². The normalized spacial score (nSPS) is 23.5. The Morgan fingerprint density at radius 3 is 2.72 bits per heavy atom. The number of carbonyl (C=O) groups is 1. The zero-order valence-corrected chi connectivity index (χ0v) is 18.2. The molecule has 3 aromatic rings. The predicted octanol–water partition coefficient (Wildman–Crippen LogP) is 3.80. The summed E-state index contributed by atoms with van der Waals surface area (Å²) in [6, 6.07) is 20.2. The maximum Gasteiger partial charge on any atom is 0.249 e. The molecule has 3 heterocycles. The largest absolute Gasteiger partial charge is 0.387 e. The molecule has 4 atom stereocenters. The molecule has 166 valence electrons. The first-order valence-electron chi connectivity index (χ1n) is 11.6. The van der Waals surface area contributed by atoms with Crippen molar-refractivity contribution in [3.05, 3.63) is 83.7 Å². The van der Waals surface area contributed by atoms with Crippen LogP contribution in [0.4, 0.5) is 5.69 Å². The lowest BCUT2D eigenvalue weighted by atomic mass is 10.0. The Kier molecular flexibility index (Phi) is 6.06. The van der Waals surface area contributed by atoms with Crippen molar-refractivity contribution in [3.63, 3.8) is 0 Å². The molecule has 0 saturated carbocycles. The Morgan fingerprint density at radius 1 is 1.09 bits per heavy atom. The quantitative estimate of drug-likeness (QED) is 0.556. The van der Waals surface area contributed by atoms with Crippen LogP contribution in [0, 0.1) is 0 Å². The van der Waals surface area contributed by atoms with Gasteiger partial charge in [0.05, 0.1) is 6.10 Å². The summed E-state index contributed by atoms with van der Waals surface area (Å²) in [7, 11) is 0. The van der Waals surface area contributed by atoms with E-state index in [1.165, 1.54) is 5.56 Å². The number of nitrogens with one attached hydrogen (secondary N) is 2. The van der Waals surface area contributed by atoms with E-state index in [9.17, 15) is 9.90 Å². The van der Waals surface area contributed by atoms with Crippen LogP contribution in [0.15, 0.2) is 66.9 Å². The van der Waals surface area contributed by atoms with E-state index in [0.29, 0.717) is 6.04 Å². The van der Waals surface area contributed by atoms with E-state index < -0.39 is 6.10 Å². The van der Waals surface area contributed by atoms with Crippen LogP contribution in [0.25, 0.3) is 0 Å². The number of anilines is 1. The molecule has 1 aromatic heterocycles. The number of fused-ring (bicyclic) bond motifs is 1. The van der Waals surface area contributed by atoms with Crippen LogP contribution in [-0.4, -0.2) is 32.9 Å². The van der Waals surface area contributed by atoms with E-state index >= 15 is 0 Å². The van der Waals surface area contributed by atoms with Gasteiger partial charge in [-0.05, 0) is 67.9 Å². The Bertz CT molecular complexity index is 1050. The molecule has 2 aromatic carbocycles. The van der Waals surface area contributed by atoms with Crippen LogP contribution in [0.5, 0.6) is 0 Å². The SMILES string of the molecule is O=C(Nc1ccc(C[C@@H]2CC[C@H]([C@H](O)c3ccccc3)N2)cc1)[C@H]1CCCc2ccnn21. The number of benzene rings is 2. The van der Waals surface area contributed by atoms with E-state index in [1.807, 2.05) is 53.2 Å². The maximum absolute atomic E-state index is 12.8. The van der Waals surface area contributed by atoms with Crippen molar-refractivity contribution in [2.45, 2.75) is 62.8 Å². The minimum atomic E-state index is -0.478. The van der Waals surface area contributed by atoms with Gasteiger partial charge in [0.25, 0.3) is 0 Å². The smallest absolute Gasteiger partial charge is 0.249 e. The second kappa shape index (κ2) is 9.27. The molecule has 6 nitrogen and oxygen atoms in total. The molecule has 3 N–H and O–H groups in total. The highest BCUT2D eigenvalue weighted by Gasteiger charge is 2.30. The monoisotopic (exact) mass is 430 g/mol. The number of carbonyl (C=O) groups excluding carboxylic acids is 1. The molecular weight excluding hydrogens is 400 g/mol. The highest BCUT2D eigenvalue weighted by molar-refractivity contribution is 5.93. The number of rotatable bonds is 6. The fraction of sp³-hybridized carbons (Fsp3) is 0.385. The number of aliphatic hydroxyl groups excluding tert-OH is 1. The number of amides is 1. The summed E-state index contributed by atoms with van der Waals surface area (Å²) >= 11 is 0. The average molecular weight is 431 g/mol. The molecule has 0 unspecified atom stereocenters. The van der Waals surface area contributed by atoms with Gasteiger partial charge >= 0.3 is 0 Å². The highest BCUT2D eigenvalue weighted by atomic mass is 16.3. The molecule has 6 heteroatoms. The third-order valence-electron chi connectivity index (χ3n) is 6.76. The van der Waals surface area contributed by atoms with Crippen LogP contribution < -0.4 is 10.6 Å². The topological polar surface area (TPSA) is 79.2 Å². The van der Waals surface area contributed by atoms with Crippen molar-refractivity contribution in [2.75, 3.05) is 5.32 Å². The van der Waals surface area contributed by atoms with Gasteiger partial charge < -0.3 is 15.7 Å². The van der Waals surface area contributed by atoms with Crippen LogP contribution in [0.2, 0.25) is 0 Å². The summed E-state index contributed by atoms with van der Waals surface area (Å²) in [5, 5.41) is 21.7. The first kappa shape index (κ1) is 20.9. The van der Waals surface area contributed by atoms with Gasteiger partial charge in [-0.25, -0.2) is 0 Å². The van der Waals surface area contributed by atoms with E-state index in [0.717, 1.165) is 55.5 Å². The summed E-state index contributed by atoms with van der Waals surface area (Å²) < 4.78 is 1.86. The van der Waals surface area contributed by atoms with Crippen LogP contribution in [-0.2, 0) is 17.6 Å². The number of aliphatic hydroxyl groups is 1. The third kappa shape index (κ3) is 4.47. The molecule has 32 heavy (non-hydrogen) atoms. The number of hydrogen-bond acceptors (Lipinski definition) is 4. The second-order valence-corrected chi connectivity index (χ2v) is 8.97. The standard InChI is InChI=1S/C26H30N4O2/c31-25(19-5-2-1-3-6-19)23-14-13-21(28-23)17-18-9-11-20(12-10-18)29-26(32)24-8-4-7-22-15-16-27-30(22)24/h1-3,5-6,9-12,15-16,21,23-25,28,31H,4,7-8,13-14,17H2,(H,29,32)/t21-,23+,24+,25+/m0/s1. The third-order valence-corrected chi connectivity index (χ3v) is 6.76. The minimum Gasteiger partial charge on any atom is -0.387 e. The van der Waals surface area contributed by atoms with Crippen molar-refractivity contribution < 1.29 is 9.90 Å². The molecule has 1 saturated heterocycles. The lowest BCUT2D eigenvalue weighted by Crippen LogP contribution is -2.35. The van der Waals surface area contributed by atoms with Gasteiger partial charge in [-0.2, -0.15) is 5.10 Å². The maximum atomic E-state index is 12.8. The van der Waals surface area contributed by atoms with E-state index in [1.54, 1.807) is 6.20 Å². The zero-order chi connectivity index (χ0) is 21.9. The van der Waals surface area contributed by atoms with Gasteiger partial charge in [0.1, 0.15) is 6.04 Å². The lowest BCUT2D eigenvalue weighted by molar-refractivity contribution is -0.120. The number of aryl methyl sites for hydroxylation is 1. The van der Waals surface area contributed by atoms with Gasteiger partial charge in [-0.3, -0.25) is 9.48 Å². The van der Waals surface area contributed by atoms with Crippen LogP contribution in [0.3, 0.4) is 0 Å². The Hall–Kier alpha value is -2.96. The second-order valence-electron chi connectivity index (χ2n) is 8.97. The van der Waals surface area contributed by atoms with E-state index in [2.05, 4.69) is 27.9 Å². The predicted molar refractivity (Wildman–Crippen MR) is 124 cm³/mol. The highest BCUT2D eigenvalue weighted by Crippen LogP contribution is 2.28. The molecule has 1 amide bonds. The molecule has 5 rings (SSSR count).